The number of phenolic OH excluding ortho intramolecular Hbond substituents is 1. The summed E-state index contributed by atoms with van der Waals surface area (Å²) in [5, 5.41) is 10.8. The SMILES string of the molecule is [2H]c1c(-c2ccccc2)ccnc1-c1[c-]c(-c2cccc3c2nc(-c2ccccc2O)n3-c2ccccc2)ccc1.[Pt]. The van der Waals surface area contributed by atoms with Crippen LogP contribution in [0.5, 0.6) is 5.75 Å². The molecule has 0 saturated heterocycles. The molecule has 7 aromatic rings. The number of hydrogen-bond acceptors (Lipinski definition) is 3. The number of para-hydroxylation sites is 3. The third-order valence-electron chi connectivity index (χ3n) is 6.97. The molecule has 200 valence electrons. The van der Waals surface area contributed by atoms with E-state index in [4.69, 9.17) is 6.35 Å². The number of aromatic nitrogens is 3. The van der Waals surface area contributed by atoms with Gasteiger partial charge in [0.1, 0.15) is 11.6 Å². The minimum atomic E-state index is 0. The van der Waals surface area contributed by atoms with Crippen molar-refractivity contribution < 1.29 is 27.5 Å². The van der Waals surface area contributed by atoms with Gasteiger partial charge in [0.15, 0.2) is 0 Å². The van der Waals surface area contributed by atoms with Crippen LogP contribution in [0.3, 0.4) is 0 Å². The average molecular weight is 711 g/mol. The predicted octanol–water partition coefficient (Wildman–Crippen LogP) is 8.59. The van der Waals surface area contributed by atoms with Crippen LogP contribution in [0.1, 0.15) is 1.37 Å². The zero-order valence-electron chi connectivity index (χ0n) is 22.8. The first kappa shape index (κ1) is 25.2. The number of hydrogen-bond donors (Lipinski definition) is 1. The maximum atomic E-state index is 10.8. The molecule has 0 aliphatic heterocycles. The van der Waals surface area contributed by atoms with Crippen LogP contribution < -0.4 is 0 Å². The average Bonchev–Trinajstić information content (AvgIpc) is 3.42. The molecule has 0 unspecified atom stereocenters. The van der Waals surface area contributed by atoms with Crippen molar-refractivity contribution in [2.75, 3.05) is 0 Å². The van der Waals surface area contributed by atoms with E-state index in [2.05, 4.69) is 15.6 Å². The Morgan fingerprint density at radius 3 is 2.15 bits per heavy atom. The summed E-state index contributed by atoms with van der Waals surface area (Å²) in [5.74, 6) is 0.820. The van der Waals surface area contributed by atoms with Gasteiger partial charge in [0.25, 0.3) is 0 Å². The first-order valence-electron chi connectivity index (χ1n) is 13.6. The van der Waals surface area contributed by atoms with Gasteiger partial charge >= 0.3 is 0 Å². The van der Waals surface area contributed by atoms with Gasteiger partial charge in [-0.1, -0.05) is 90.0 Å². The van der Waals surface area contributed by atoms with Crippen LogP contribution in [0.15, 0.2) is 140 Å². The fraction of sp³-hybridized carbons (Fsp3) is 0. The first-order valence-corrected chi connectivity index (χ1v) is 13.1. The van der Waals surface area contributed by atoms with Gasteiger partial charge in [-0.15, -0.1) is 29.8 Å². The van der Waals surface area contributed by atoms with Gasteiger partial charge in [-0.05, 0) is 47.5 Å². The number of nitrogens with zero attached hydrogens (tertiary/aromatic N) is 3. The van der Waals surface area contributed by atoms with Gasteiger partial charge in [0.2, 0.25) is 0 Å². The zero-order chi connectivity index (χ0) is 27.8. The smallest absolute Gasteiger partial charge is 0.148 e. The predicted molar refractivity (Wildman–Crippen MR) is 161 cm³/mol. The van der Waals surface area contributed by atoms with Gasteiger partial charge in [-0.3, -0.25) is 9.55 Å². The minimum absolute atomic E-state index is 0. The molecular formula is C36H24N3OPt-. The van der Waals surface area contributed by atoms with Crippen molar-refractivity contribution in [2.24, 2.45) is 0 Å². The van der Waals surface area contributed by atoms with Crippen molar-refractivity contribution in [3.63, 3.8) is 0 Å². The molecule has 5 heteroatoms. The molecule has 0 amide bonds. The number of fused-ring (bicyclic) bond motifs is 1. The maximum absolute atomic E-state index is 10.8. The largest absolute Gasteiger partial charge is 0.507 e. The number of pyridine rings is 1. The Morgan fingerprint density at radius 2 is 1.34 bits per heavy atom. The van der Waals surface area contributed by atoms with Crippen LogP contribution >= 0.6 is 0 Å². The molecule has 0 fully saturated rings. The van der Waals surface area contributed by atoms with Crippen molar-refractivity contribution in [1.29, 1.82) is 0 Å². The molecule has 0 atom stereocenters. The first-order chi connectivity index (χ1) is 20.2. The molecule has 0 aliphatic rings. The second kappa shape index (κ2) is 11.4. The van der Waals surface area contributed by atoms with E-state index in [1.165, 1.54) is 0 Å². The maximum Gasteiger partial charge on any atom is 0.148 e. The number of aromatic hydroxyl groups is 1. The molecule has 7 rings (SSSR count). The summed E-state index contributed by atoms with van der Waals surface area (Å²) in [7, 11) is 0. The quantitative estimate of drug-likeness (QED) is 0.182. The van der Waals surface area contributed by atoms with Crippen LogP contribution in [-0.2, 0) is 21.1 Å². The summed E-state index contributed by atoms with van der Waals surface area (Å²) in [4.78, 5) is 9.67. The second-order valence-corrected chi connectivity index (χ2v) is 9.47. The van der Waals surface area contributed by atoms with E-state index in [0.29, 0.717) is 23.1 Å². The Morgan fingerprint density at radius 1 is 0.659 bits per heavy atom. The molecule has 2 heterocycles. The van der Waals surface area contributed by atoms with Crippen molar-refractivity contribution in [1.82, 2.24) is 14.5 Å². The van der Waals surface area contributed by atoms with Gasteiger partial charge in [0, 0.05) is 38.6 Å². The Hall–Kier alpha value is -4.79. The monoisotopic (exact) mass is 710 g/mol. The van der Waals surface area contributed by atoms with Gasteiger partial charge in [-0.2, -0.15) is 0 Å². The molecular weight excluding hydrogens is 685 g/mol. The molecule has 2 aromatic heterocycles. The molecule has 0 radical (unpaired) electrons. The molecule has 4 nitrogen and oxygen atoms in total. The molecule has 1 N–H and O–H groups in total. The Balaban J connectivity index is 0.00000316. The summed E-state index contributed by atoms with van der Waals surface area (Å²) in [6.45, 7) is 0. The summed E-state index contributed by atoms with van der Waals surface area (Å²) < 4.78 is 11.0. The van der Waals surface area contributed by atoms with Crippen LogP contribution in [0.2, 0.25) is 0 Å². The van der Waals surface area contributed by atoms with Gasteiger partial charge < -0.3 is 5.11 Å². The fourth-order valence-corrected chi connectivity index (χ4v) is 5.07. The van der Waals surface area contributed by atoms with Crippen molar-refractivity contribution in [2.45, 2.75) is 0 Å². The van der Waals surface area contributed by atoms with Gasteiger partial charge in [0.05, 0.1) is 18.0 Å². The third-order valence-corrected chi connectivity index (χ3v) is 6.97. The fourth-order valence-electron chi connectivity index (χ4n) is 5.07. The second-order valence-electron chi connectivity index (χ2n) is 9.47. The Kier molecular flexibility index (Phi) is 6.98. The topological polar surface area (TPSA) is 50.9 Å². The van der Waals surface area contributed by atoms with Crippen LogP contribution in [0, 0.1) is 6.07 Å². The van der Waals surface area contributed by atoms with E-state index in [1.54, 1.807) is 12.3 Å². The van der Waals surface area contributed by atoms with Crippen LogP contribution in [-0.4, -0.2) is 19.6 Å². The van der Waals surface area contributed by atoms with Gasteiger partial charge in [-0.25, -0.2) is 4.98 Å². The molecule has 0 bridgehead atoms. The van der Waals surface area contributed by atoms with Crippen molar-refractivity contribution in [3.8, 4) is 56.3 Å². The standard InChI is InChI=1S/C36H24N3O.Pt/c40-34-20-8-7-17-31(34)36-38-35-30(18-10-19-33(35)39(36)29-15-5-2-6-16-29)27-13-9-14-28(23-27)32-24-26(21-22-37-32)25-11-3-1-4-12-25;/h1-22,24,40H;/q-1;/i24D;. The van der Waals surface area contributed by atoms with E-state index in [9.17, 15) is 5.11 Å². The van der Waals surface area contributed by atoms with Crippen molar-refractivity contribution in [3.05, 3.63) is 146 Å². The summed E-state index contributed by atoms with van der Waals surface area (Å²) in [6, 6.07) is 45.0. The molecule has 0 saturated carbocycles. The number of benzene rings is 5. The number of phenols is 1. The summed E-state index contributed by atoms with van der Waals surface area (Å²) in [6.07, 6.45) is 1.75. The van der Waals surface area contributed by atoms with Crippen LogP contribution in [0.4, 0.5) is 0 Å². The Bertz CT molecular complexity index is 2020. The molecule has 5 aromatic carbocycles. The molecule has 41 heavy (non-hydrogen) atoms. The van der Waals surface area contributed by atoms with E-state index < -0.39 is 0 Å². The molecule has 0 aliphatic carbocycles. The third kappa shape index (κ3) is 4.99. The normalized spacial score (nSPS) is 11.2. The zero-order valence-corrected chi connectivity index (χ0v) is 24.1. The van der Waals surface area contributed by atoms with Crippen LogP contribution in [0.25, 0.3) is 61.6 Å². The minimum Gasteiger partial charge on any atom is -0.507 e. The Labute approximate surface area is 254 Å². The van der Waals surface area contributed by atoms with E-state index >= 15 is 0 Å². The summed E-state index contributed by atoms with van der Waals surface area (Å²) in [5.41, 5.74) is 8.17. The van der Waals surface area contributed by atoms with E-state index in [1.807, 2.05) is 121 Å². The number of rotatable bonds is 5. The summed E-state index contributed by atoms with van der Waals surface area (Å²) >= 11 is 0. The van der Waals surface area contributed by atoms with Crippen molar-refractivity contribution >= 4 is 11.0 Å². The van der Waals surface area contributed by atoms with E-state index in [-0.39, 0.29) is 26.8 Å². The van der Waals surface area contributed by atoms with E-state index in [0.717, 1.165) is 44.5 Å². The number of imidazole rings is 1. The molecule has 0 spiro atoms.